The van der Waals surface area contributed by atoms with Gasteiger partial charge in [0.25, 0.3) is 17.5 Å². The van der Waals surface area contributed by atoms with Crippen molar-refractivity contribution in [2.45, 2.75) is 19.4 Å². The fourth-order valence-electron chi connectivity index (χ4n) is 3.68. The van der Waals surface area contributed by atoms with Gasteiger partial charge in [-0.05, 0) is 24.4 Å². The van der Waals surface area contributed by atoms with E-state index in [0.29, 0.717) is 0 Å². The highest BCUT2D eigenvalue weighted by Gasteiger charge is 2.43. The highest BCUT2D eigenvalue weighted by Crippen LogP contribution is 2.30. The van der Waals surface area contributed by atoms with Crippen LogP contribution in [0.25, 0.3) is 0 Å². The highest BCUT2D eigenvalue weighted by atomic mass is 32.1. The lowest BCUT2D eigenvalue weighted by Gasteiger charge is -2.32. The number of imide groups is 1. The van der Waals surface area contributed by atoms with Crippen LogP contribution in [0.1, 0.15) is 44.1 Å². The molecule has 2 aromatic rings. The van der Waals surface area contributed by atoms with Gasteiger partial charge in [-0.3, -0.25) is 19.7 Å². The first-order chi connectivity index (χ1) is 12.0. The van der Waals surface area contributed by atoms with E-state index < -0.39 is 16.7 Å². The van der Waals surface area contributed by atoms with Crippen molar-refractivity contribution in [2.75, 3.05) is 13.2 Å². The van der Waals surface area contributed by atoms with Gasteiger partial charge in [-0.2, -0.15) is 0 Å². The number of carbonyl (C=O) groups excluding carboxylic acids is 2. The molecule has 7 nitrogen and oxygen atoms in total. The minimum Gasteiger partial charge on any atom is -0.311 e. The summed E-state index contributed by atoms with van der Waals surface area (Å²) in [6, 6.07) is 6.46. The number of benzene rings is 1. The number of thiophene rings is 1. The van der Waals surface area contributed by atoms with Gasteiger partial charge < -0.3 is 4.90 Å². The molecule has 1 unspecified atom stereocenters. The summed E-state index contributed by atoms with van der Waals surface area (Å²) in [5, 5.41) is 13.3. The summed E-state index contributed by atoms with van der Waals surface area (Å²) in [6.07, 6.45) is 0.913. The summed E-state index contributed by atoms with van der Waals surface area (Å²) in [7, 11) is 0. The zero-order valence-electron chi connectivity index (χ0n) is 13.5. The first-order valence-electron chi connectivity index (χ1n) is 8.03. The molecule has 0 spiro atoms. The molecule has 0 aliphatic carbocycles. The lowest BCUT2D eigenvalue weighted by molar-refractivity contribution is -0.938. The number of hydrogen-bond donors (Lipinski definition) is 1. The van der Waals surface area contributed by atoms with Crippen LogP contribution in [-0.4, -0.2) is 34.9 Å². The Morgan fingerprint density at radius 3 is 2.88 bits per heavy atom. The van der Waals surface area contributed by atoms with Crippen molar-refractivity contribution in [1.82, 2.24) is 4.90 Å². The van der Waals surface area contributed by atoms with Crippen LogP contribution in [0.4, 0.5) is 5.69 Å². The number of amides is 2. The maximum atomic E-state index is 12.7. The molecular formula is C17H16N3O4S+. The minimum absolute atomic E-state index is 0.0854. The maximum Gasteiger partial charge on any atom is 0.282 e. The molecule has 0 fully saturated rings. The van der Waals surface area contributed by atoms with Gasteiger partial charge in [-0.25, -0.2) is 4.90 Å². The van der Waals surface area contributed by atoms with Gasteiger partial charge in [-0.15, -0.1) is 11.3 Å². The van der Waals surface area contributed by atoms with E-state index in [1.54, 1.807) is 11.3 Å². The number of fused-ring (bicyclic) bond motifs is 2. The van der Waals surface area contributed by atoms with E-state index in [1.165, 1.54) is 28.6 Å². The first kappa shape index (κ1) is 15.9. The third-order valence-corrected chi connectivity index (χ3v) is 6.06. The Labute approximate surface area is 147 Å². The fourth-order valence-corrected chi connectivity index (χ4v) is 4.66. The van der Waals surface area contributed by atoms with Gasteiger partial charge >= 0.3 is 0 Å². The van der Waals surface area contributed by atoms with Gasteiger partial charge in [0.1, 0.15) is 11.6 Å². The lowest BCUT2D eigenvalue weighted by Crippen LogP contribution is -3.14. The van der Waals surface area contributed by atoms with E-state index >= 15 is 0 Å². The van der Waals surface area contributed by atoms with Crippen molar-refractivity contribution in [1.29, 1.82) is 0 Å². The van der Waals surface area contributed by atoms with Gasteiger partial charge in [0, 0.05) is 22.9 Å². The molecule has 0 saturated carbocycles. The molecule has 1 N–H and O–H groups in total. The molecule has 3 heterocycles. The van der Waals surface area contributed by atoms with Gasteiger partial charge in [0.05, 0.1) is 17.0 Å². The van der Waals surface area contributed by atoms with E-state index in [2.05, 4.69) is 18.4 Å². The third kappa shape index (κ3) is 2.37. The Morgan fingerprint density at radius 1 is 1.32 bits per heavy atom. The highest BCUT2D eigenvalue weighted by molar-refractivity contribution is 7.10. The molecule has 2 aliphatic heterocycles. The van der Waals surface area contributed by atoms with E-state index in [-0.39, 0.29) is 29.5 Å². The minimum atomic E-state index is -0.610. The summed E-state index contributed by atoms with van der Waals surface area (Å²) >= 11 is 1.73. The van der Waals surface area contributed by atoms with Gasteiger partial charge in [-0.1, -0.05) is 6.07 Å². The molecule has 0 saturated heterocycles. The summed E-state index contributed by atoms with van der Waals surface area (Å²) in [4.78, 5) is 39.5. The van der Waals surface area contributed by atoms with E-state index in [1.807, 2.05) is 0 Å². The predicted molar refractivity (Wildman–Crippen MR) is 90.7 cm³/mol. The second kappa shape index (κ2) is 5.75. The van der Waals surface area contributed by atoms with Crippen LogP contribution in [0.2, 0.25) is 0 Å². The topological polar surface area (TPSA) is 85.0 Å². The number of nitro benzene ring substituents is 1. The number of hydrogen-bond acceptors (Lipinski definition) is 5. The third-order valence-electron chi connectivity index (χ3n) is 5.07. The number of rotatable bonds is 3. The lowest BCUT2D eigenvalue weighted by atomic mass is 10.0. The van der Waals surface area contributed by atoms with Crippen molar-refractivity contribution in [3.05, 3.63) is 61.3 Å². The Balaban J connectivity index is 1.63. The van der Waals surface area contributed by atoms with E-state index in [0.717, 1.165) is 22.8 Å². The summed E-state index contributed by atoms with van der Waals surface area (Å²) in [5.41, 5.74) is 0.992. The molecule has 1 aromatic heterocycles. The number of quaternary nitrogens is 1. The average molecular weight is 358 g/mol. The molecule has 2 atom stereocenters. The van der Waals surface area contributed by atoms with E-state index in [9.17, 15) is 19.7 Å². The Morgan fingerprint density at radius 2 is 2.12 bits per heavy atom. The second-order valence-corrected chi connectivity index (χ2v) is 7.33. The van der Waals surface area contributed by atoms with Gasteiger partial charge in [0.15, 0.2) is 6.67 Å². The van der Waals surface area contributed by atoms with Crippen molar-refractivity contribution < 1.29 is 19.4 Å². The zero-order valence-corrected chi connectivity index (χ0v) is 14.3. The zero-order chi connectivity index (χ0) is 17.7. The smallest absolute Gasteiger partial charge is 0.282 e. The maximum absolute atomic E-state index is 12.7. The number of carbonyl (C=O) groups is 2. The van der Waals surface area contributed by atoms with Crippen molar-refractivity contribution in [2.24, 2.45) is 0 Å². The van der Waals surface area contributed by atoms with Crippen LogP contribution in [0.3, 0.4) is 0 Å². The number of nitrogens with zero attached hydrogens (tertiary/aromatic N) is 2. The summed E-state index contributed by atoms with van der Waals surface area (Å²) in [5.74, 6) is -1.01. The summed E-state index contributed by atoms with van der Waals surface area (Å²) < 4.78 is 0. The molecule has 8 heteroatoms. The SMILES string of the molecule is C[C@H]1c2ccsc2CC[NH+]1CN1C(=O)c2cccc([N+](=O)[O-])c2C1=O. The molecule has 128 valence electrons. The molecule has 25 heavy (non-hydrogen) atoms. The molecule has 1 aromatic carbocycles. The van der Waals surface area contributed by atoms with Crippen LogP contribution >= 0.6 is 11.3 Å². The Hall–Kier alpha value is -2.58. The van der Waals surface area contributed by atoms with Crippen molar-refractivity contribution >= 4 is 28.8 Å². The Kier molecular flexibility index (Phi) is 3.66. The van der Waals surface area contributed by atoms with Crippen LogP contribution in [0.5, 0.6) is 0 Å². The number of nitro groups is 1. The fraction of sp³-hybridized carbons (Fsp3) is 0.294. The molecule has 2 aliphatic rings. The first-order valence-corrected chi connectivity index (χ1v) is 8.91. The average Bonchev–Trinajstić information content (AvgIpc) is 3.16. The standard InChI is InChI=1S/C17H15N3O4S/c1-10-11-6-8-25-14(11)5-7-18(10)9-19-16(21)12-3-2-4-13(20(23)24)15(12)17(19)22/h2-4,6,8,10H,5,7,9H2,1H3/p+1/t10-/m0/s1. The van der Waals surface area contributed by atoms with Crippen molar-refractivity contribution in [3.63, 3.8) is 0 Å². The summed E-state index contributed by atoms with van der Waals surface area (Å²) in [6.45, 7) is 3.13. The monoisotopic (exact) mass is 358 g/mol. The normalized spacial score (nSPS) is 22.0. The number of nitrogens with one attached hydrogen (secondary N) is 1. The molecule has 0 bridgehead atoms. The molecule has 2 amide bonds. The largest absolute Gasteiger partial charge is 0.311 e. The molecular weight excluding hydrogens is 342 g/mol. The van der Waals surface area contributed by atoms with Crippen LogP contribution in [0, 0.1) is 10.1 Å². The second-order valence-electron chi connectivity index (χ2n) is 6.33. The predicted octanol–water partition coefficient (Wildman–Crippen LogP) is 1.41. The van der Waals surface area contributed by atoms with Gasteiger partial charge in [0.2, 0.25) is 0 Å². The molecule has 4 rings (SSSR count). The Bertz CT molecular complexity index is 907. The van der Waals surface area contributed by atoms with Crippen LogP contribution in [0.15, 0.2) is 29.6 Å². The van der Waals surface area contributed by atoms with E-state index in [4.69, 9.17) is 0 Å². The van der Waals surface area contributed by atoms with Crippen LogP contribution in [-0.2, 0) is 6.42 Å². The molecule has 0 radical (unpaired) electrons. The van der Waals surface area contributed by atoms with Crippen molar-refractivity contribution in [3.8, 4) is 0 Å². The quantitative estimate of drug-likeness (QED) is 0.511. The van der Waals surface area contributed by atoms with Crippen LogP contribution < -0.4 is 4.90 Å².